The van der Waals surface area contributed by atoms with Crippen LogP contribution in [0.1, 0.15) is 28.3 Å². The van der Waals surface area contributed by atoms with Crippen LogP contribution in [-0.4, -0.2) is 25.1 Å². The molecular weight excluding hydrogens is 398 g/mol. The van der Waals surface area contributed by atoms with Gasteiger partial charge in [-0.1, -0.05) is 12.1 Å². The Hall–Kier alpha value is -3.26. The van der Waals surface area contributed by atoms with Crippen LogP contribution in [0.15, 0.2) is 57.4 Å². The van der Waals surface area contributed by atoms with Gasteiger partial charge in [-0.3, -0.25) is 4.98 Å². The van der Waals surface area contributed by atoms with Crippen molar-refractivity contribution in [3.63, 3.8) is 0 Å². The Morgan fingerprint density at radius 2 is 1.90 bits per heavy atom. The van der Waals surface area contributed by atoms with Gasteiger partial charge in [0.25, 0.3) is 11.1 Å². The van der Waals surface area contributed by atoms with Crippen LogP contribution < -0.4 is 4.74 Å². The zero-order chi connectivity index (χ0) is 21.1. The number of aromatic nitrogens is 5. The molecule has 3 heterocycles. The van der Waals surface area contributed by atoms with E-state index in [2.05, 4.69) is 31.2 Å². The number of hydrogen-bond acceptors (Lipinski definition) is 8. The third-order valence-electron chi connectivity index (χ3n) is 4.59. The lowest BCUT2D eigenvalue weighted by Crippen LogP contribution is -1.98. The minimum atomic E-state index is 0.209. The molecule has 0 N–H and O–H groups in total. The molecule has 8 heteroatoms. The summed E-state index contributed by atoms with van der Waals surface area (Å²) in [5, 5.41) is 9.41. The van der Waals surface area contributed by atoms with Crippen molar-refractivity contribution < 1.29 is 9.15 Å². The lowest BCUT2D eigenvalue weighted by Gasteiger charge is -2.08. The molecule has 0 saturated carbocycles. The van der Waals surface area contributed by atoms with Crippen molar-refractivity contribution in [2.75, 3.05) is 0 Å². The molecule has 0 aliphatic carbocycles. The fraction of sp³-hybridized carbons (Fsp3) is 0.227. The average Bonchev–Trinajstić information content (AvgIpc) is 3.20. The van der Waals surface area contributed by atoms with Gasteiger partial charge in [0, 0.05) is 29.2 Å². The second kappa shape index (κ2) is 8.62. The maximum Gasteiger partial charge on any atom is 0.283 e. The summed E-state index contributed by atoms with van der Waals surface area (Å²) in [4.78, 5) is 13.4. The van der Waals surface area contributed by atoms with Gasteiger partial charge in [0.05, 0.1) is 0 Å². The van der Waals surface area contributed by atoms with E-state index in [9.17, 15) is 0 Å². The lowest BCUT2D eigenvalue weighted by atomic mass is 10.1. The van der Waals surface area contributed by atoms with Crippen LogP contribution in [0.5, 0.6) is 5.75 Å². The summed E-state index contributed by atoms with van der Waals surface area (Å²) in [6.07, 6.45) is 3.47. The van der Waals surface area contributed by atoms with Crippen LogP contribution in [0.4, 0.5) is 0 Å². The van der Waals surface area contributed by atoms with Gasteiger partial charge in [-0.25, -0.2) is 9.97 Å². The fourth-order valence-corrected chi connectivity index (χ4v) is 3.57. The Balaban J connectivity index is 1.51. The zero-order valence-electron chi connectivity index (χ0n) is 17.2. The Morgan fingerprint density at radius 1 is 1.03 bits per heavy atom. The third kappa shape index (κ3) is 4.49. The van der Waals surface area contributed by atoms with Crippen LogP contribution in [0.2, 0.25) is 0 Å². The summed E-state index contributed by atoms with van der Waals surface area (Å²) in [5.41, 5.74) is 4.92. The highest BCUT2D eigenvalue weighted by Crippen LogP contribution is 2.30. The molecule has 0 radical (unpaired) electrons. The molecule has 152 valence electrons. The zero-order valence-corrected chi connectivity index (χ0v) is 18.0. The number of benzene rings is 1. The van der Waals surface area contributed by atoms with Crippen LogP contribution in [0, 0.1) is 27.7 Å². The molecule has 0 saturated heterocycles. The Labute approximate surface area is 179 Å². The predicted molar refractivity (Wildman–Crippen MR) is 113 cm³/mol. The van der Waals surface area contributed by atoms with E-state index in [1.54, 1.807) is 12.4 Å². The van der Waals surface area contributed by atoms with E-state index in [4.69, 9.17) is 9.15 Å². The summed E-state index contributed by atoms with van der Waals surface area (Å²) in [6.45, 7) is 8.17. The van der Waals surface area contributed by atoms with Crippen molar-refractivity contribution in [2.45, 2.75) is 44.6 Å². The second-order valence-electron chi connectivity index (χ2n) is 6.93. The minimum absolute atomic E-state index is 0.209. The van der Waals surface area contributed by atoms with Crippen LogP contribution >= 0.6 is 11.8 Å². The molecule has 0 aliphatic heterocycles. The summed E-state index contributed by atoms with van der Waals surface area (Å²) in [7, 11) is 0. The van der Waals surface area contributed by atoms with Crippen molar-refractivity contribution in [3.8, 4) is 17.1 Å². The minimum Gasteiger partial charge on any atom is -0.484 e. The maximum absolute atomic E-state index is 5.85. The molecule has 3 aromatic heterocycles. The van der Waals surface area contributed by atoms with Gasteiger partial charge in [-0.15, -0.1) is 10.2 Å². The molecule has 1 aromatic carbocycles. The van der Waals surface area contributed by atoms with E-state index < -0.39 is 0 Å². The van der Waals surface area contributed by atoms with Crippen molar-refractivity contribution >= 4 is 11.8 Å². The molecule has 30 heavy (non-hydrogen) atoms. The first-order valence-corrected chi connectivity index (χ1v) is 10.3. The van der Waals surface area contributed by atoms with E-state index in [1.165, 1.54) is 11.8 Å². The molecule has 4 rings (SSSR count). The summed E-state index contributed by atoms with van der Waals surface area (Å²) >= 11 is 1.32. The first-order valence-electron chi connectivity index (χ1n) is 9.45. The quantitative estimate of drug-likeness (QED) is 0.409. The second-order valence-corrected chi connectivity index (χ2v) is 7.87. The molecule has 0 atom stereocenters. The van der Waals surface area contributed by atoms with Crippen molar-refractivity contribution in [3.05, 3.63) is 71.0 Å². The number of ether oxygens (including phenoxy) is 1. The molecule has 0 unspecified atom stereocenters. The van der Waals surface area contributed by atoms with Gasteiger partial charge in [-0.05, 0) is 68.8 Å². The number of rotatable bonds is 6. The third-order valence-corrected chi connectivity index (χ3v) is 5.52. The van der Waals surface area contributed by atoms with Gasteiger partial charge in [0.1, 0.15) is 10.8 Å². The van der Waals surface area contributed by atoms with Gasteiger partial charge < -0.3 is 9.15 Å². The summed E-state index contributed by atoms with van der Waals surface area (Å²) < 4.78 is 11.6. The number of aryl methyl sites for hydroxylation is 3. The standard InChI is InChI=1S/C22H21N5O2S/c1-13-7-8-14(2)18(10-13)28-12-19-26-27-22(29-19)30-21-15(3)16(4)24-20(25-21)17-6-5-9-23-11-17/h5-11H,12H2,1-4H3. The van der Waals surface area contributed by atoms with Crippen molar-refractivity contribution in [1.29, 1.82) is 0 Å². The normalized spacial score (nSPS) is 10.9. The van der Waals surface area contributed by atoms with E-state index in [1.807, 2.05) is 52.0 Å². The van der Waals surface area contributed by atoms with Gasteiger partial charge in [-0.2, -0.15) is 0 Å². The molecule has 4 aromatic rings. The molecule has 0 aliphatic rings. The topological polar surface area (TPSA) is 86.8 Å². The molecule has 0 amide bonds. The number of pyridine rings is 1. The van der Waals surface area contributed by atoms with Crippen LogP contribution in [0.25, 0.3) is 11.4 Å². The fourth-order valence-electron chi connectivity index (χ4n) is 2.75. The van der Waals surface area contributed by atoms with Crippen LogP contribution in [0.3, 0.4) is 0 Å². The van der Waals surface area contributed by atoms with Crippen LogP contribution in [-0.2, 0) is 6.61 Å². The highest BCUT2D eigenvalue weighted by molar-refractivity contribution is 7.99. The number of nitrogens with zero attached hydrogens (tertiary/aromatic N) is 5. The first kappa shape index (κ1) is 20.0. The number of hydrogen-bond donors (Lipinski definition) is 0. The summed E-state index contributed by atoms with van der Waals surface area (Å²) in [5.74, 6) is 1.84. The van der Waals surface area contributed by atoms with Gasteiger partial charge in [0.2, 0.25) is 0 Å². The SMILES string of the molecule is Cc1ccc(C)c(OCc2nnc(Sc3nc(-c4cccnc4)nc(C)c3C)o2)c1. The van der Waals surface area contributed by atoms with E-state index in [-0.39, 0.29) is 6.61 Å². The molecule has 0 bridgehead atoms. The average molecular weight is 420 g/mol. The predicted octanol–water partition coefficient (Wildman–Crippen LogP) is 4.89. The Morgan fingerprint density at radius 3 is 2.70 bits per heavy atom. The van der Waals surface area contributed by atoms with Crippen molar-refractivity contribution in [2.24, 2.45) is 0 Å². The van der Waals surface area contributed by atoms with E-state index in [0.717, 1.165) is 38.7 Å². The monoisotopic (exact) mass is 419 g/mol. The lowest BCUT2D eigenvalue weighted by molar-refractivity contribution is 0.250. The van der Waals surface area contributed by atoms with Crippen molar-refractivity contribution in [1.82, 2.24) is 25.1 Å². The Bertz CT molecular complexity index is 1180. The largest absolute Gasteiger partial charge is 0.484 e. The highest BCUT2D eigenvalue weighted by Gasteiger charge is 2.15. The molecular formula is C22H21N5O2S. The molecule has 7 nitrogen and oxygen atoms in total. The van der Waals surface area contributed by atoms with Gasteiger partial charge in [0.15, 0.2) is 12.4 Å². The maximum atomic E-state index is 5.85. The first-order chi connectivity index (χ1) is 14.5. The highest BCUT2D eigenvalue weighted by atomic mass is 32.2. The van der Waals surface area contributed by atoms with Gasteiger partial charge >= 0.3 is 0 Å². The molecule has 0 spiro atoms. The molecule has 0 fully saturated rings. The Kier molecular flexibility index (Phi) is 5.76. The van der Waals surface area contributed by atoms with E-state index >= 15 is 0 Å². The van der Waals surface area contributed by atoms with E-state index in [0.29, 0.717) is 16.9 Å². The summed E-state index contributed by atoms with van der Waals surface area (Å²) in [6, 6.07) is 9.87. The smallest absolute Gasteiger partial charge is 0.283 e.